The normalized spacial score (nSPS) is 10.9. The van der Waals surface area contributed by atoms with Gasteiger partial charge in [0.25, 0.3) is 5.91 Å². The molecule has 3 aromatic rings. The Kier molecular flexibility index (Phi) is 6.00. The third-order valence-corrected chi connectivity index (χ3v) is 4.05. The molecule has 0 spiro atoms. The van der Waals surface area contributed by atoms with Gasteiger partial charge in [0.15, 0.2) is 0 Å². The summed E-state index contributed by atoms with van der Waals surface area (Å²) in [5.74, 6) is -0.0139. The summed E-state index contributed by atoms with van der Waals surface area (Å²) in [6.45, 7) is 0. The summed E-state index contributed by atoms with van der Waals surface area (Å²) < 4.78 is 44.0. The average Bonchev–Trinajstić information content (AvgIpc) is 2.70. The topological polar surface area (TPSA) is 114 Å². The standard InChI is InChI=1S/C21H16F3N3O4/c22-21(23,24)13-2-1-3-15(11-13)26-19(28)12-4-9-18(17(25)10-12)31-16-7-5-14(6-8-16)27-20(29)30/h1-11,27H,25H2,(H,26,28)(H,29,30). The Balaban J connectivity index is 1.70. The number of ether oxygens (including phenoxy) is 1. The summed E-state index contributed by atoms with van der Waals surface area (Å²) in [6, 6.07) is 14.5. The van der Waals surface area contributed by atoms with Gasteiger partial charge in [-0.1, -0.05) is 6.07 Å². The van der Waals surface area contributed by atoms with E-state index < -0.39 is 23.7 Å². The van der Waals surface area contributed by atoms with E-state index in [0.29, 0.717) is 11.4 Å². The van der Waals surface area contributed by atoms with E-state index in [9.17, 15) is 22.8 Å². The maximum Gasteiger partial charge on any atom is 0.416 e. The second kappa shape index (κ2) is 8.66. The van der Waals surface area contributed by atoms with Crippen molar-refractivity contribution < 1.29 is 32.6 Å². The first kappa shape index (κ1) is 21.5. The molecule has 0 fully saturated rings. The van der Waals surface area contributed by atoms with Crippen LogP contribution in [0.25, 0.3) is 0 Å². The second-order valence-electron chi connectivity index (χ2n) is 6.34. The average molecular weight is 431 g/mol. The van der Waals surface area contributed by atoms with Gasteiger partial charge in [-0.15, -0.1) is 0 Å². The van der Waals surface area contributed by atoms with Crippen LogP contribution in [0.5, 0.6) is 11.5 Å². The summed E-state index contributed by atoms with van der Waals surface area (Å²) >= 11 is 0. The molecule has 0 heterocycles. The number of rotatable bonds is 5. The van der Waals surface area contributed by atoms with Gasteiger partial charge in [0, 0.05) is 16.9 Å². The Morgan fingerprint density at radius 3 is 2.23 bits per heavy atom. The number of halogens is 3. The van der Waals surface area contributed by atoms with E-state index in [2.05, 4.69) is 10.6 Å². The highest BCUT2D eigenvalue weighted by atomic mass is 19.4. The van der Waals surface area contributed by atoms with Gasteiger partial charge < -0.3 is 20.9 Å². The molecule has 0 atom stereocenters. The molecule has 10 heteroatoms. The molecule has 0 saturated carbocycles. The Bertz CT molecular complexity index is 1120. The van der Waals surface area contributed by atoms with Crippen molar-refractivity contribution in [3.05, 3.63) is 77.9 Å². The zero-order valence-electron chi connectivity index (χ0n) is 15.7. The van der Waals surface area contributed by atoms with Crippen molar-refractivity contribution in [3.63, 3.8) is 0 Å². The minimum atomic E-state index is -4.52. The Morgan fingerprint density at radius 2 is 1.61 bits per heavy atom. The molecule has 0 aromatic heterocycles. The van der Waals surface area contributed by atoms with Crippen LogP contribution in [-0.4, -0.2) is 17.1 Å². The number of nitrogens with one attached hydrogen (secondary N) is 2. The zero-order chi connectivity index (χ0) is 22.6. The number of anilines is 3. The molecule has 0 radical (unpaired) electrons. The van der Waals surface area contributed by atoms with Gasteiger partial charge >= 0.3 is 12.3 Å². The number of nitrogen functional groups attached to an aromatic ring is 1. The van der Waals surface area contributed by atoms with Gasteiger partial charge in [0.2, 0.25) is 0 Å². The number of carbonyl (C=O) groups is 2. The van der Waals surface area contributed by atoms with Crippen molar-refractivity contribution in [2.24, 2.45) is 0 Å². The molecular weight excluding hydrogens is 415 g/mol. The van der Waals surface area contributed by atoms with E-state index in [-0.39, 0.29) is 22.7 Å². The number of alkyl halides is 3. The predicted molar refractivity (Wildman–Crippen MR) is 108 cm³/mol. The summed E-state index contributed by atoms with van der Waals surface area (Å²) in [7, 11) is 0. The van der Waals surface area contributed by atoms with E-state index in [0.717, 1.165) is 12.1 Å². The highest BCUT2D eigenvalue weighted by molar-refractivity contribution is 6.05. The van der Waals surface area contributed by atoms with Crippen molar-refractivity contribution in [1.29, 1.82) is 0 Å². The number of amides is 2. The maximum atomic E-state index is 12.8. The first-order valence-electron chi connectivity index (χ1n) is 8.78. The van der Waals surface area contributed by atoms with Crippen LogP contribution < -0.4 is 21.1 Å². The van der Waals surface area contributed by atoms with Crippen LogP contribution in [0.3, 0.4) is 0 Å². The fraction of sp³-hybridized carbons (Fsp3) is 0.0476. The maximum absolute atomic E-state index is 12.8. The number of carbonyl (C=O) groups excluding carboxylic acids is 1. The van der Waals surface area contributed by atoms with Crippen molar-refractivity contribution in [3.8, 4) is 11.5 Å². The lowest BCUT2D eigenvalue weighted by Crippen LogP contribution is -2.13. The molecule has 3 aromatic carbocycles. The SMILES string of the molecule is Nc1cc(C(=O)Nc2cccc(C(F)(F)F)c2)ccc1Oc1ccc(NC(=O)O)cc1. The first-order valence-corrected chi connectivity index (χ1v) is 8.78. The molecular formula is C21H16F3N3O4. The first-order chi connectivity index (χ1) is 14.6. The van der Waals surface area contributed by atoms with Crippen LogP contribution in [0, 0.1) is 0 Å². The molecule has 5 N–H and O–H groups in total. The van der Waals surface area contributed by atoms with Gasteiger partial charge in [-0.05, 0) is 60.7 Å². The van der Waals surface area contributed by atoms with Gasteiger partial charge in [-0.25, -0.2) is 4.79 Å². The van der Waals surface area contributed by atoms with E-state index in [4.69, 9.17) is 15.6 Å². The van der Waals surface area contributed by atoms with Crippen molar-refractivity contribution >= 4 is 29.1 Å². The molecule has 3 rings (SSSR count). The lowest BCUT2D eigenvalue weighted by atomic mass is 10.1. The van der Waals surface area contributed by atoms with Crippen LogP contribution in [0.1, 0.15) is 15.9 Å². The molecule has 31 heavy (non-hydrogen) atoms. The van der Waals surface area contributed by atoms with Gasteiger partial charge in [0.1, 0.15) is 11.5 Å². The third kappa shape index (κ3) is 5.66. The van der Waals surface area contributed by atoms with Gasteiger partial charge in [-0.3, -0.25) is 10.1 Å². The van der Waals surface area contributed by atoms with E-state index in [1.165, 1.54) is 54.6 Å². The molecule has 160 valence electrons. The molecule has 0 unspecified atom stereocenters. The summed E-state index contributed by atoms with van der Waals surface area (Å²) in [4.78, 5) is 23.0. The number of carboxylic acid groups (broad SMARTS) is 1. The highest BCUT2D eigenvalue weighted by Gasteiger charge is 2.30. The Morgan fingerprint density at radius 1 is 0.903 bits per heavy atom. The fourth-order valence-electron chi connectivity index (χ4n) is 2.62. The highest BCUT2D eigenvalue weighted by Crippen LogP contribution is 2.31. The summed E-state index contributed by atoms with van der Waals surface area (Å²) in [6.07, 6.45) is -5.72. The van der Waals surface area contributed by atoms with Gasteiger partial charge in [-0.2, -0.15) is 13.2 Å². The van der Waals surface area contributed by atoms with Gasteiger partial charge in [0.05, 0.1) is 11.3 Å². The molecule has 0 bridgehead atoms. The summed E-state index contributed by atoms with van der Waals surface area (Å²) in [5, 5.41) is 13.3. The molecule has 7 nitrogen and oxygen atoms in total. The second-order valence-corrected chi connectivity index (χ2v) is 6.34. The Hall–Kier alpha value is -4.21. The van der Waals surface area contributed by atoms with Crippen LogP contribution >= 0.6 is 0 Å². The number of hydrogen-bond donors (Lipinski definition) is 4. The van der Waals surface area contributed by atoms with E-state index in [1.54, 1.807) is 0 Å². The van der Waals surface area contributed by atoms with Crippen molar-refractivity contribution in [2.75, 3.05) is 16.4 Å². The molecule has 2 amide bonds. The van der Waals surface area contributed by atoms with Crippen LogP contribution in [0.4, 0.5) is 35.0 Å². The summed E-state index contributed by atoms with van der Waals surface area (Å²) in [5.41, 5.74) is 5.66. The van der Waals surface area contributed by atoms with Crippen LogP contribution in [0.2, 0.25) is 0 Å². The number of hydrogen-bond acceptors (Lipinski definition) is 4. The minimum absolute atomic E-state index is 0.00576. The number of benzene rings is 3. The molecule has 0 aliphatic heterocycles. The number of nitrogens with two attached hydrogens (primary N) is 1. The fourth-order valence-corrected chi connectivity index (χ4v) is 2.62. The largest absolute Gasteiger partial charge is 0.465 e. The molecule has 0 aliphatic carbocycles. The van der Waals surface area contributed by atoms with Crippen LogP contribution in [0.15, 0.2) is 66.7 Å². The van der Waals surface area contributed by atoms with Crippen molar-refractivity contribution in [2.45, 2.75) is 6.18 Å². The monoisotopic (exact) mass is 431 g/mol. The van der Waals surface area contributed by atoms with Crippen LogP contribution in [-0.2, 0) is 6.18 Å². The zero-order valence-corrected chi connectivity index (χ0v) is 15.7. The third-order valence-electron chi connectivity index (χ3n) is 4.05. The van der Waals surface area contributed by atoms with Crippen molar-refractivity contribution in [1.82, 2.24) is 0 Å². The molecule has 0 aliphatic rings. The quantitative estimate of drug-likeness (QED) is 0.403. The molecule has 0 saturated heterocycles. The predicted octanol–water partition coefficient (Wildman–Crippen LogP) is 5.42. The Labute approximate surface area is 174 Å². The lowest BCUT2D eigenvalue weighted by molar-refractivity contribution is -0.137. The lowest BCUT2D eigenvalue weighted by Gasteiger charge is -2.12. The smallest absolute Gasteiger partial charge is 0.416 e. The minimum Gasteiger partial charge on any atom is -0.465 e. The van der Waals surface area contributed by atoms with E-state index >= 15 is 0 Å². The van der Waals surface area contributed by atoms with E-state index in [1.807, 2.05) is 0 Å².